The van der Waals surface area contributed by atoms with Crippen LogP contribution in [0.2, 0.25) is 0 Å². The average Bonchev–Trinajstić information content (AvgIpc) is 3.24. The van der Waals surface area contributed by atoms with E-state index in [0.717, 1.165) is 55.7 Å². The van der Waals surface area contributed by atoms with Crippen LogP contribution in [0, 0.1) is 13.8 Å². The molecule has 6 nitrogen and oxygen atoms in total. The van der Waals surface area contributed by atoms with Gasteiger partial charge in [-0.3, -0.25) is 19.4 Å². The molecule has 4 rings (SSSR count). The summed E-state index contributed by atoms with van der Waals surface area (Å²) >= 11 is 0. The molecule has 0 bridgehead atoms. The smallest absolute Gasteiger partial charge is 0.238 e. The van der Waals surface area contributed by atoms with Gasteiger partial charge in [0.1, 0.15) is 0 Å². The van der Waals surface area contributed by atoms with Crippen molar-refractivity contribution in [3.63, 3.8) is 0 Å². The average molecular weight is 449 g/mol. The van der Waals surface area contributed by atoms with Crippen molar-refractivity contribution in [3.05, 3.63) is 65.2 Å². The van der Waals surface area contributed by atoms with E-state index in [9.17, 15) is 9.59 Å². The molecule has 0 saturated carbocycles. The predicted octanol–water partition coefficient (Wildman–Crippen LogP) is 3.09. The Labute approximate surface area is 197 Å². The number of rotatable bonds is 7. The Kier molecular flexibility index (Phi) is 7.78. The van der Waals surface area contributed by atoms with Crippen LogP contribution >= 0.6 is 0 Å². The standard InChI is InChI=1S/C27H36N4O2/c1-21-8-6-9-22(2)27(21)28-25(32)19-29-14-16-30(17-15-29)26(33)20-31-13-7-12-24(31)18-23-10-4-3-5-11-23/h3-6,8-11,24H,7,12-20H2,1-2H3,(H,28,32). The highest BCUT2D eigenvalue weighted by molar-refractivity contribution is 5.93. The molecule has 6 heteroatoms. The second-order valence-electron chi connectivity index (χ2n) is 9.43. The van der Waals surface area contributed by atoms with Crippen molar-refractivity contribution in [2.24, 2.45) is 0 Å². The number of carbonyl (C=O) groups excluding carboxylic acids is 2. The van der Waals surface area contributed by atoms with E-state index in [1.165, 1.54) is 5.56 Å². The third-order valence-electron chi connectivity index (χ3n) is 6.99. The Morgan fingerprint density at radius 1 is 0.879 bits per heavy atom. The molecule has 1 unspecified atom stereocenters. The van der Waals surface area contributed by atoms with Gasteiger partial charge < -0.3 is 10.2 Å². The molecule has 2 amide bonds. The topological polar surface area (TPSA) is 55.9 Å². The molecule has 1 atom stereocenters. The van der Waals surface area contributed by atoms with Gasteiger partial charge in [-0.2, -0.15) is 0 Å². The van der Waals surface area contributed by atoms with Crippen LogP contribution in [0.5, 0.6) is 0 Å². The summed E-state index contributed by atoms with van der Waals surface area (Å²) in [6.45, 7) is 8.74. The highest BCUT2D eigenvalue weighted by atomic mass is 16.2. The van der Waals surface area contributed by atoms with Gasteiger partial charge in [-0.1, -0.05) is 48.5 Å². The molecular formula is C27H36N4O2. The van der Waals surface area contributed by atoms with Gasteiger partial charge in [0.2, 0.25) is 11.8 Å². The lowest BCUT2D eigenvalue weighted by molar-refractivity contribution is -0.134. The minimum absolute atomic E-state index is 0.00740. The van der Waals surface area contributed by atoms with Crippen LogP contribution in [0.4, 0.5) is 5.69 Å². The van der Waals surface area contributed by atoms with E-state index in [-0.39, 0.29) is 11.8 Å². The fourth-order valence-electron chi connectivity index (χ4n) is 5.04. The maximum absolute atomic E-state index is 13.0. The minimum atomic E-state index is 0.00740. The molecule has 2 aliphatic heterocycles. The SMILES string of the molecule is Cc1cccc(C)c1NC(=O)CN1CCN(C(=O)CN2CCCC2Cc2ccccc2)CC1. The highest BCUT2D eigenvalue weighted by Crippen LogP contribution is 2.22. The van der Waals surface area contributed by atoms with Crippen molar-refractivity contribution in [3.8, 4) is 0 Å². The fourth-order valence-corrected chi connectivity index (χ4v) is 5.04. The van der Waals surface area contributed by atoms with Crippen molar-refractivity contribution in [2.45, 2.75) is 39.2 Å². The minimum Gasteiger partial charge on any atom is -0.339 e. The molecule has 2 saturated heterocycles. The van der Waals surface area contributed by atoms with Gasteiger partial charge in [0.05, 0.1) is 13.1 Å². The number of para-hydroxylation sites is 1. The fraction of sp³-hybridized carbons (Fsp3) is 0.481. The number of nitrogens with zero attached hydrogens (tertiary/aromatic N) is 3. The number of hydrogen-bond donors (Lipinski definition) is 1. The molecule has 0 aromatic heterocycles. The molecule has 1 N–H and O–H groups in total. The number of hydrogen-bond acceptors (Lipinski definition) is 4. The van der Waals surface area contributed by atoms with Crippen LogP contribution < -0.4 is 5.32 Å². The summed E-state index contributed by atoms with van der Waals surface area (Å²) in [6, 6.07) is 17.0. The summed E-state index contributed by atoms with van der Waals surface area (Å²) in [5, 5.41) is 3.06. The summed E-state index contributed by atoms with van der Waals surface area (Å²) in [5.74, 6) is 0.225. The van der Waals surface area contributed by atoms with E-state index in [4.69, 9.17) is 0 Å². The molecular weight excluding hydrogens is 412 g/mol. The second-order valence-corrected chi connectivity index (χ2v) is 9.43. The molecule has 2 aliphatic rings. The van der Waals surface area contributed by atoms with Crippen LogP contribution in [0.15, 0.2) is 48.5 Å². The number of piperazine rings is 1. The Bertz CT molecular complexity index is 934. The number of anilines is 1. The van der Waals surface area contributed by atoms with E-state index in [1.54, 1.807) is 0 Å². The monoisotopic (exact) mass is 448 g/mol. The molecule has 0 radical (unpaired) electrons. The number of amides is 2. The second kappa shape index (κ2) is 10.9. The first-order chi connectivity index (χ1) is 16.0. The van der Waals surface area contributed by atoms with E-state index in [0.29, 0.717) is 32.2 Å². The summed E-state index contributed by atoms with van der Waals surface area (Å²) in [4.78, 5) is 32.0. The van der Waals surface area contributed by atoms with Crippen molar-refractivity contribution >= 4 is 17.5 Å². The summed E-state index contributed by atoms with van der Waals surface area (Å²) < 4.78 is 0. The molecule has 2 heterocycles. The lowest BCUT2D eigenvalue weighted by Crippen LogP contribution is -2.52. The Morgan fingerprint density at radius 3 is 2.27 bits per heavy atom. The van der Waals surface area contributed by atoms with Crippen molar-refractivity contribution < 1.29 is 9.59 Å². The molecule has 2 aromatic carbocycles. The quantitative estimate of drug-likeness (QED) is 0.707. The van der Waals surface area contributed by atoms with Gasteiger partial charge in [-0.25, -0.2) is 0 Å². The summed E-state index contributed by atoms with van der Waals surface area (Å²) in [6.07, 6.45) is 3.33. The Morgan fingerprint density at radius 2 is 1.58 bits per heavy atom. The first kappa shape index (κ1) is 23.5. The molecule has 0 aliphatic carbocycles. The normalized spacial score (nSPS) is 19.6. The Balaban J connectivity index is 1.22. The van der Waals surface area contributed by atoms with E-state index in [1.807, 2.05) is 43.0 Å². The summed E-state index contributed by atoms with van der Waals surface area (Å²) in [7, 11) is 0. The van der Waals surface area contributed by atoms with E-state index < -0.39 is 0 Å². The first-order valence-corrected chi connectivity index (χ1v) is 12.1. The van der Waals surface area contributed by atoms with Gasteiger partial charge in [0.15, 0.2) is 0 Å². The molecule has 0 spiro atoms. The van der Waals surface area contributed by atoms with Crippen molar-refractivity contribution in [2.75, 3.05) is 51.1 Å². The van der Waals surface area contributed by atoms with Crippen LogP contribution in [-0.2, 0) is 16.0 Å². The van der Waals surface area contributed by atoms with E-state index >= 15 is 0 Å². The first-order valence-electron chi connectivity index (χ1n) is 12.1. The van der Waals surface area contributed by atoms with Crippen molar-refractivity contribution in [1.29, 1.82) is 0 Å². The number of aryl methyl sites for hydroxylation is 2. The zero-order chi connectivity index (χ0) is 23.2. The molecule has 33 heavy (non-hydrogen) atoms. The lowest BCUT2D eigenvalue weighted by Gasteiger charge is -2.35. The maximum Gasteiger partial charge on any atom is 0.238 e. The molecule has 2 fully saturated rings. The lowest BCUT2D eigenvalue weighted by atomic mass is 10.0. The third-order valence-corrected chi connectivity index (χ3v) is 6.99. The van der Waals surface area contributed by atoms with Crippen LogP contribution in [0.3, 0.4) is 0 Å². The largest absolute Gasteiger partial charge is 0.339 e. The zero-order valence-corrected chi connectivity index (χ0v) is 19.9. The molecule has 2 aromatic rings. The Hall–Kier alpha value is -2.70. The van der Waals surface area contributed by atoms with Gasteiger partial charge in [-0.15, -0.1) is 0 Å². The van der Waals surface area contributed by atoms with Crippen LogP contribution in [0.1, 0.15) is 29.5 Å². The summed E-state index contributed by atoms with van der Waals surface area (Å²) in [5.41, 5.74) is 4.40. The van der Waals surface area contributed by atoms with Crippen molar-refractivity contribution in [1.82, 2.24) is 14.7 Å². The van der Waals surface area contributed by atoms with Crippen LogP contribution in [-0.4, -0.2) is 78.4 Å². The number of carbonyl (C=O) groups is 2. The third kappa shape index (κ3) is 6.21. The van der Waals surface area contributed by atoms with Gasteiger partial charge >= 0.3 is 0 Å². The molecule has 176 valence electrons. The maximum atomic E-state index is 13.0. The number of likely N-dealkylation sites (tertiary alicyclic amines) is 1. The van der Waals surface area contributed by atoms with Gasteiger partial charge in [-0.05, 0) is 56.3 Å². The van der Waals surface area contributed by atoms with Gasteiger partial charge in [0.25, 0.3) is 0 Å². The van der Waals surface area contributed by atoms with E-state index in [2.05, 4.69) is 39.4 Å². The number of nitrogens with one attached hydrogen (secondary N) is 1. The van der Waals surface area contributed by atoms with Crippen LogP contribution in [0.25, 0.3) is 0 Å². The zero-order valence-electron chi connectivity index (χ0n) is 19.9. The highest BCUT2D eigenvalue weighted by Gasteiger charge is 2.29. The predicted molar refractivity (Wildman–Crippen MR) is 132 cm³/mol. The van der Waals surface area contributed by atoms with Gasteiger partial charge in [0, 0.05) is 37.9 Å². The number of benzene rings is 2.